The van der Waals surface area contributed by atoms with E-state index in [1.165, 1.54) is 7.11 Å². The summed E-state index contributed by atoms with van der Waals surface area (Å²) >= 11 is 0. The summed E-state index contributed by atoms with van der Waals surface area (Å²) in [7, 11) is 3.16. The van der Waals surface area contributed by atoms with Gasteiger partial charge in [0.25, 0.3) is 0 Å². The molecule has 0 aromatic heterocycles. The number of hydrogen-bond donors (Lipinski definition) is 1. The summed E-state index contributed by atoms with van der Waals surface area (Å²) in [5, 5.41) is 9.95. The van der Waals surface area contributed by atoms with Crippen molar-refractivity contribution in [1.29, 1.82) is 0 Å². The first kappa shape index (κ1) is 12.4. The molecule has 2 aliphatic rings. The Bertz CT molecular complexity index is 540. The number of benzene rings is 1. The van der Waals surface area contributed by atoms with Crippen molar-refractivity contribution < 1.29 is 24.1 Å². The van der Waals surface area contributed by atoms with Crippen LogP contribution in [0.3, 0.4) is 0 Å². The summed E-state index contributed by atoms with van der Waals surface area (Å²) in [4.78, 5) is 11.8. The van der Waals surface area contributed by atoms with Crippen LogP contribution in [0.5, 0.6) is 11.5 Å². The molecule has 1 saturated carbocycles. The number of carbonyl (C=O) groups excluding carboxylic acids is 1. The first-order valence-electron chi connectivity index (χ1n) is 6.36. The van der Waals surface area contributed by atoms with E-state index in [2.05, 4.69) is 0 Å². The zero-order valence-corrected chi connectivity index (χ0v) is 10.9. The largest absolute Gasteiger partial charge is 0.468 e. The SMILES string of the molecule is BCC1(O)Oc2ccc(C3(C(=O)OC)CC3)cc2O1. The van der Waals surface area contributed by atoms with Crippen molar-refractivity contribution in [2.45, 2.75) is 30.5 Å². The fourth-order valence-corrected chi connectivity index (χ4v) is 2.41. The van der Waals surface area contributed by atoms with E-state index >= 15 is 0 Å². The number of methoxy groups -OCH3 is 1. The van der Waals surface area contributed by atoms with E-state index in [0.29, 0.717) is 17.8 Å². The molecule has 1 aliphatic carbocycles. The standard InChI is InChI=1S/C13H15BO5/c1-17-11(15)12(4-5-12)8-2-3-9-10(6-8)19-13(16,7-14)18-9/h2-3,6,16H,4-5,7,14H2,1H3. The number of rotatable bonds is 3. The molecule has 1 aromatic carbocycles. The lowest BCUT2D eigenvalue weighted by Crippen LogP contribution is -2.37. The van der Waals surface area contributed by atoms with Gasteiger partial charge in [-0.25, -0.2) is 0 Å². The Morgan fingerprint density at radius 2 is 2.11 bits per heavy atom. The Morgan fingerprint density at radius 1 is 1.42 bits per heavy atom. The summed E-state index contributed by atoms with van der Waals surface area (Å²) in [6, 6.07) is 5.31. The van der Waals surface area contributed by atoms with Gasteiger partial charge >= 0.3 is 11.9 Å². The molecule has 1 aliphatic heterocycles. The van der Waals surface area contributed by atoms with Crippen LogP contribution in [-0.4, -0.2) is 32.0 Å². The van der Waals surface area contributed by atoms with Crippen LogP contribution in [0, 0.1) is 0 Å². The van der Waals surface area contributed by atoms with E-state index in [1.54, 1.807) is 20.0 Å². The molecular formula is C13H15BO5. The average molecular weight is 262 g/mol. The molecule has 1 fully saturated rings. The summed E-state index contributed by atoms with van der Waals surface area (Å²) in [5.74, 6) is -0.856. The maximum absolute atomic E-state index is 11.8. The van der Waals surface area contributed by atoms with Gasteiger partial charge in [0, 0.05) is 6.32 Å². The zero-order chi connectivity index (χ0) is 13.7. The highest BCUT2D eigenvalue weighted by Crippen LogP contribution is 2.52. The molecule has 100 valence electrons. The second-order valence-electron chi connectivity index (χ2n) is 5.01. The zero-order valence-electron chi connectivity index (χ0n) is 10.9. The van der Waals surface area contributed by atoms with Crippen LogP contribution in [0.15, 0.2) is 18.2 Å². The molecule has 1 atom stereocenters. The minimum absolute atomic E-state index is 0.225. The topological polar surface area (TPSA) is 65.0 Å². The van der Waals surface area contributed by atoms with E-state index in [-0.39, 0.29) is 5.97 Å². The van der Waals surface area contributed by atoms with Gasteiger partial charge in [0.15, 0.2) is 11.5 Å². The molecule has 1 unspecified atom stereocenters. The third-order valence-electron chi connectivity index (χ3n) is 3.81. The second kappa shape index (κ2) is 3.90. The first-order valence-corrected chi connectivity index (χ1v) is 6.36. The predicted octanol–water partition coefficient (Wildman–Crippen LogP) is 0.360. The molecule has 5 nitrogen and oxygen atoms in total. The lowest BCUT2D eigenvalue weighted by Gasteiger charge is -2.18. The van der Waals surface area contributed by atoms with Crippen LogP contribution in [0.1, 0.15) is 18.4 Å². The molecule has 1 heterocycles. The number of hydrogen-bond acceptors (Lipinski definition) is 5. The maximum Gasteiger partial charge on any atom is 0.361 e. The third kappa shape index (κ3) is 1.78. The molecule has 0 saturated heterocycles. The minimum atomic E-state index is -1.59. The van der Waals surface area contributed by atoms with Crippen molar-refractivity contribution >= 4 is 13.8 Å². The molecule has 19 heavy (non-hydrogen) atoms. The van der Waals surface area contributed by atoms with Gasteiger partial charge in [-0.1, -0.05) is 6.07 Å². The molecule has 6 heteroatoms. The predicted molar refractivity (Wildman–Crippen MR) is 68.9 cm³/mol. The minimum Gasteiger partial charge on any atom is -0.468 e. The third-order valence-corrected chi connectivity index (χ3v) is 3.81. The van der Waals surface area contributed by atoms with E-state index in [0.717, 1.165) is 18.4 Å². The Kier molecular flexibility index (Phi) is 2.54. The molecule has 0 radical (unpaired) electrons. The molecule has 1 aromatic rings. The smallest absolute Gasteiger partial charge is 0.361 e. The van der Waals surface area contributed by atoms with Crippen LogP contribution < -0.4 is 9.47 Å². The highest BCUT2D eigenvalue weighted by atomic mass is 16.8. The second-order valence-corrected chi connectivity index (χ2v) is 5.01. The molecular weight excluding hydrogens is 247 g/mol. The number of esters is 1. The number of ether oxygens (including phenoxy) is 3. The van der Waals surface area contributed by atoms with Crippen molar-refractivity contribution in [3.8, 4) is 11.5 Å². The first-order chi connectivity index (χ1) is 9.03. The van der Waals surface area contributed by atoms with Crippen molar-refractivity contribution in [2.75, 3.05) is 7.11 Å². The van der Waals surface area contributed by atoms with E-state index < -0.39 is 11.4 Å². The maximum atomic E-state index is 11.8. The Morgan fingerprint density at radius 3 is 2.68 bits per heavy atom. The normalized spacial score (nSPS) is 26.0. The van der Waals surface area contributed by atoms with Gasteiger partial charge < -0.3 is 19.3 Å². The van der Waals surface area contributed by atoms with Crippen LogP contribution in [-0.2, 0) is 14.9 Å². The van der Waals surface area contributed by atoms with Gasteiger partial charge in [-0.15, -0.1) is 0 Å². The van der Waals surface area contributed by atoms with Crippen molar-refractivity contribution in [3.05, 3.63) is 23.8 Å². The lowest BCUT2D eigenvalue weighted by atomic mass is 9.96. The molecule has 3 rings (SSSR count). The van der Waals surface area contributed by atoms with Gasteiger partial charge in [0.1, 0.15) is 7.85 Å². The highest BCUT2D eigenvalue weighted by Gasteiger charge is 2.53. The van der Waals surface area contributed by atoms with E-state index in [1.807, 2.05) is 6.07 Å². The van der Waals surface area contributed by atoms with Crippen LogP contribution in [0.4, 0.5) is 0 Å². The monoisotopic (exact) mass is 262 g/mol. The van der Waals surface area contributed by atoms with E-state index in [4.69, 9.17) is 14.2 Å². The summed E-state index contributed by atoms with van der Waals surface area (Å²) in [5.41, 5.74) is 0.308. The fraction of sp³-hybridized carbons (Fsp3) is 0.462. The van der Waals surface area contributed by atoms with Gasteiger partial charge in [-0.2, -0.15) is 0 Å². The summed E-state index contributed by atoms with van der Waals surface area (Å²) in [6.07, 6.45) is 1.87. The Hall–Kier alpha value is -1.69. The summed E-state index contributed by atoms with van der Waals surface area (Å²) < 4.78 is 15.6. The molecule has 0 amide bonds. The van der Waals surface area contributed by atoms with Gasteiger partial charge in [0.05, 0.1) is 12.5 Å². The number of aliphatic hydroxyl groups is 1. The summed E-state index contributed by atoms with van der Waals surface area (Å²) in [6.45, 7) is 0. The lowest BCUT2D eigenvalue weighted by molar-refractivity contribution is -0.234. The van der Waals surface area contributed by atoms with Gasteiger partial charge in [-0.05, 0) is 30.5 Å². The van der Waals surface area contributed by atoms with Crippen LogP contribution in [0.2, 0.25) is 6.32 Å². The van der Waals surface area contributed by atoms with Crippen LogP contribution >= 0.6 is 0 Å². The van der Waals surface area contributed by atoms with Gasteiger partial charge in [-0.3, -0.25) is 4.79 Å². The van der Waals surface area contributed by atoms with E-state index in [9.17, 15) is 9.90 Å². The molecule has 0 spiro atoms. The number of carbonyl (C=O) groups is 1. The van der Waals surface area contributed by atoms with Crippen molar-refractivity contribution in [3.63, 3.8) is 0 Å². The van der Waals surface area contributed by atoms with Crippen molar-refractivity contribution in [1.82, 2.24) is 0 Å². The Labute approximate surface area is 111 Å². The van der Waals surface area contributed by atoms with Crippen molar-refractivity contribution in [2.24, 2.45) is 0 Å². The molecule has 0 bridgehead atoms. The highest BCUT2D eigenvalue weighted by molar-refractivity contribution is 6.09. The van der Waals surface area contributed by atoms with Gasteiger partial charge in [0.2, 0.25) is 0 Å². The average Bonchev–Trinajstić information content (AvgIpc) is 3.15. The number of fused-ring (bicyclic) bond motifs is 1. The molecule has 1 N–H and O–H groups in total. The fourth-order valence-electron chi connectivity index (χ4n) is 2.41. The van der Waals surface area contributed by atoms with Crippen LogP contribution in [0.25, 0.3) is 0 Å². The Balaban J connectivity index is 1.93. The quantitative estimate of drug-likeness (QED) is 0.629.